The molecule has 0 unspecified atom stereocenters. The molecular weight excluding hydrogens is 438 g/mol. The van der Waals surface area contributed by atoms with Gasteiger partial charge in [0.1, 0.15) is 0 Å². The van der Waals surface area contributed by atoms with Crippen molar-refractivity contribution < 1.29 is 14.3 Å². The van der Waals surface area contributed by atoms with Crippen molar-refractivity contribution in [1.29, 1.82) is 0 Å². The Labute approximate surface area is 194 Å². The zero-order valence-corrected chi connectivity index (χ0v) is 18.9. The molecule has 7 nitrogen and oxygen atoms in total. The molecule has 0 bridgehead atoms. The minimum Gasteiger partial charge on any atom is -0.469 e. The maximum absolute atomic E-state index is 13.3. The van der Waals surface area contributed by atoms with E-state index >= 15 is 0 Å². The van der Waals surface area contributed by atoms with E-state index in [1.807, 2.05) is 35.7 Å². The Morgan fingerprint density at radius 1 is 1.12 bits per heavy atom. The van der Waals surface area contributed by atoms with Crippen LogP contribution in [0.4, 0.5) is 0 Å². The number of nitrogens with zero attached hydrogens (tertiary/aromatic N) is 2. The summed E-state index contributed by atoms with van der Waals surface area (Å²) < 4.78 is 6.27. The topological polar surface area (TPSA) is 89.8 Å². The number of hydrogen-bond acceptors (Lipinski definition) is 6. The molecule has 0 saturated heterocycles. The second-order valence-electron chi connectivity index (χ2n) is 8.29. The number of thiophene rings is 1. The Hall–Kier alpha value is -3.52. The highest BCUT2D eigenvalue weighted by molar-refractivity contribution is 7.13. The lowest BCUT2D eigenvalue weighted by molar-refractivity contribution is -0.146. The van der Waals surface area contributed by atoms with Crippen LogP contribution < -0.4 is 10.9 Å². The minimum atomic E-state index is -0.268. The van der Waals surface area contributed by atoms with E-state index < -0.39 is 0 Å². The van der Waals surface area contributed by atoms with Crippen LogP contribution in [0.15, 0.2) is 58.8 Å². The molecule has 1 N–H and O–H groups in total. The number of esters is 1. The first-order valence-electron chi connectivity index (χ1n) is 10.9. The summed E-state index contributed by atoms with van der Waals surface area (Å²) in [4.78, 5) is 43.8. The molecule has 1 amide bonds. The van der Waals surface area contributed by atoms with Gasteiger partial charge in [-0.25, -0.2) is 4.98 Å². The van der Waals surface area contributed by atoms with Crippen LogP contribution in [0.5, 0.6) is 0 Å². The largest absolute Gasteiger partial charge is 0.469 e. The highest BCUT2D eigenvalue weighted by Crippen LogP contribution is 2.27. The molecule has 0 aliphatic heterocycles. The molecule has 3 aromatic heterocycles. The van der Waals surface area contributed by atoms with Crippen molar-refractivity contribution >= 4 is 39.8 Å². The Balaban J connectivity index is 1.45. The summed E-state index contributed by atoms with van der Waals surface area (Å²) in [7, 11) is 1.40. The number of pyridine rings is 1. The zero-order valence-electron chi connectivity index (χ0n) is 18.1. The van der Waals surface area contributed by atoms with Gasteiger partial charge in [-0.1, -0.05) is 12.1 Å². The summed E-state index contributed by atoms with van der Waals surface area (Å²) in [6.07, 6.45) is 4.42. The van der Waals surface area contributed by atoms with Crippen molar-refractivity contribution in [3.63, 3.8) is 0 Å². The van der Waals surface area contributed by atoms with E-state index in [-0.39, 0.29) is 29.4 Å². The summed E-state index contributed by atoms with van der Waals surface area (Å²) in [6.45, 7) is 0. The maximum atomic E-state index is 13.3. The van der Waals surface area contributed by atoms with Gasteiger partial charge in [-0.15, -0.1) is 11.3 Å². The van der Waals surface area contributed by atoms with Gasteiger partial charge in [0.2, 0.25) is 0 Å². The summed E-state index contributed by atoms with van der Waals surface area (Å²) in [5.74, 6) is -0.561. The lowest BCUT2D eigenvalue weighted by atomic mass is 9.86. The number of nitrogens with one attached hydrogen (secondary N) is 1. The number of hydrogen-bond donors (Lipinski definition) is 1. The van der Waals surface area contributed by atoms with E-state index in [2.05, 4.69) is 10.3 Å². The van der Waals surface area contributed by atoms with Crippen molar-refractivity contribution in [2.75, 3.05) is 7.11 Å². The molecule has 8 heteroatoms. The molecule has 3 heterocycles. The van der Waals surface area contributed by atoms with E-state index in [9.17, 15) is 14.4 Å². The van der Waals surface area contributed by atoms with Crippen LogP contribution in [-0.2, 0) is 9.53 Å². The molecule has 33 heavy (non-hydrogen) atoms. The first kappa shape index (κ1) is 21.3. The third kappa shape index (κ3) is 4.02. The maximum Gasteiger partial charge on any atom is 0.308 e. The normalized spacial score (nSPS) is 18.3. The van der Waals surface area contributed by atoms with Gasteiger partial charge in [0.05, 0.1) is 29.5 Å². The molecule has 4 aromatic rings. The highest BCUT2D eigenvalue weighted by atomic mass is 32.1. The van der Waals surface area contributed by atoms with E-state index in [0.29, 0.717) is 47.8 Å². The van der Waals surface area contributed by atoms with E-state index in [1.165, 1.54) is 11.5 Å². The van der Waals surface area contributed by atoms with Gasteiger partial charge in [-0.3, -0.25) is 18.8 Å². The molecule has 1 aliphatic carbocycles. The molecule has 0 spiro atoms. The first-order chi connectivity index (χ1) is 16.0. The van der Waals surface area contributed by atoms with Gasteiger partial charge in [0.25, 0.3) is 11.5 Å². The average molecular weight is 462 g/mol. The van der Waals surface area contributed by atoms with Crippen LogP contribution in [0.3, 0.4) is 0 Å². The van der Waals surface area contributed by atoms with Crippen LogP contribution in [-0.4, -0.2) is 34.4 Å². The van der Waals surface area contributed by atoms with Gasteiger partial charge in [0.15, 0.2) is 5.65 Å². The first-order valence-corrected chi connectivity index (χ1v) is 11.8. The fourth-order valence-corrected chi connectivity index (χ4v) is 5.23. The fraction of sp³-hybridized carbons (Fsp3) is 0.280. The second-order valence-corrected chi connectivity index (χ2v) is 9.23. The fourth-order valence-electron chi connectivity index (χ4n) is 4.50. The standard InChI is InChI=1S/C25H23N3O4S/c1-32-25(31)15-6-9-17(10-7-15)26-23(29)18-4-2-12-28-22(18)27-20-11-8-16(14-19(20)24(28)30)21-5-3-13-33-21/h2-5,8,11-15,17H,6-7,9-10H2,1H3,(H,26,29). The Morgan fingerprint density at radius 2 is 1.94 bits per heavy atom. The lowest BCUT2D eigenvalue weighted by Crippen LogP contribution is -2.39. The number of fused-ring (bicyclic) bond motifs is 2. The number of carbonyl (C=O) groups is 2. The Kier molecular flexibility index (Phi) is 5.68. The van der Waals surface area contributed by atoms with Crippen LogP contribution in [0.2, 0.25) is 0 Å². The quantitative estimate of drug-likeness (QED) is 0.366. The van der Waals surface area contributed by atoms with Crippen LogP contribution >= 0.6 is 11.3 Å². The predicted molar refractivity (Wildman–Crippen MR) is 128 cm³/mol. The molecule has 1 aromatic carbocycles. The number of carbonyl (C=O) groups excluding carboxylic acids is 2. The number of benzene rings is 1. The summed E-state index contributed by atoms with van der Waals surface area (Å²) in [6, 6.07) is 13.0. The van der Waals surface area contributed by atoms with Gasteiger partial charge in [-0.05, 0) is 67.0 Å². The van der Waals surface area contributed by atoms with Crippen LogP contribution in [0.1, 0.15) is 36.0 Å². The summed E-state index contributed by atoms with van der Waals surface area (Å²) in [5, 5.41) is 5.56. The number of aromatic nitrogens is 2. The van der Waals surface area contributed by atoms with Crippen LogP contribution in [0.25, 0.3) is 27.0 Å². The average Bonchev–Trinajstić information content (AvgIpc) is 3.39. The van der Waals surface area contributed by atoms with Crippen molar-refractivity contribution in [3.8, 4) is 10.4 Å². The number of rotatable bonds is 4. The predicted octanol–water partition coefficient (Wildman–Crippen LogP) is 4.04. The van der Waals surface area contributed by atoms with E-state index in [4.69, 9.17) is 4.74 Å². The Bertz CT molecular complexity index is 1400. The molecule has 0 radical (unpaired) electrons. The minimum absolute atomic E-state index is 0.0285. The van der Waals surface area contributed by atoms with E-state index in [0.717, 1.165) is 10.4 Å². The van der Waals surface area contributed by atoms with E-state index in [1.54, 1.807) is 29.7 Å². The zero-order chi connectivity index (χ0) is 22.9. The highest BCUT2D eigenvalue weighted by Gasteiger charge is 2.28. The molecule has 168 valence electrons. The third-order valence-corrected chi connectivity index (χ3v) is 7.21. The second kappa shape index (κ2) is 8.78. The van der Waals surface area contributed by atoms with Crippen molar-refractivity contribution in [2.45, 2.75) is 31.7 Å². The van der Waals surface area contributed by atoms with Crippen molar-refractivity contribution in [2.24, 2.45) is 5.92 Å². The molecule has 5 rings (SSSR count). The van der Waals surface area contributed by atoms with Gasteiger partial charge >= 0.3 is 5.97 Å². The molecule has 1 aliphatic rings. The van der Waals surface area contributed by atoms with Crippen molar-refractivity contribution in [1.82, 2.24) is 14.7 Å². The van der Waals surface area contributed by atoms with Gasteiger partial charge in [-0.2, -0.15) is 0 Å². The van der Waals surface area contributed by atoms with Gasteiger partial charge in [0, 0.05) is 17.1 Å². The lowest BCUT2D eigenvalue weighted by Gasteiger charge is -2.27. The number of methoxy groups -OCH3 is 1. The smallest absolute Gasteiger partial charge is 0.308 e. The number of amides is 1. The SMILES string of the molecule is COC(=O)C1CCC(NC(=O)c2cccn3c(=O)c4cc(-c5cccs5)ccc4nc23)CC1. The monoisotopic (exact) mass is 461 g/mol. The van der Waals surface area contributed by atoms with Gasteiger partial charge < -0.3 is 10.1 Å². The third-order valence-electron chi connectivity index (χ3n) is 6.29. The molecule has 1 saturated carbocycles. The van der Waals surface area contributed by atoms with Crippen molar-refractivity contribution in [3.05, 3.63) is 70.0 Å². The number of ether oxygens (including phenoxy) is 1. The summed E-state index contributed by atoms with van der Waals surface area (Å²) in [5.41, 5.74) is 2.00. The Morgan fingerprint density at radius 3 is 2.67 bits per heavy atom. The molecular formula is C25H23N3O4S. The van der Waals surface area contributed by atoms with Crippen LogP contribution in [0, 0.1) is 5.92 Å². The molecule has 1 fully saturated rings. The molecule has 0 atom stereocenters. The summed E-state index contributed by atoms with van der Waals surface area (Å²) >= 11 is 1.61.